The van der Waals surface area contributed by atoms with Gasteiger partial charge in [-0.1, -0.05) is 25.3 Å². The quantitative estimate of drug-likeness (QED) is 0.256. The minimum Gasteiger partial charge on any atom is -0.478 e. The lowest BCUT2D eigenvalue weighted by Gasteiger charge is -2.26. The highest BCUT2D eigenvalue weighted by atomic mass is 16.4. The third-order valence-electron chi connectivity index (χ3n) is 8.53. The number of nitrogens with one attached hydrogen (secondary N) is 1. The lowest BCUT2D eigenvalue weighted by atomic mass is 9.81. The number of aryl methyl sites for hydroxylation is 2. The number of carboxylic acids is 1. The van der Waals surface area contributed by atoms with Crippen molar-refractivity contribution in [2.45, 2.75) is 57.9 Å². The van der Waals surface area contributed by atoms with Crippen LogP contribution in [0.5, 0.6) is 0 Å². The Morgan fingerprint density at radius 3 is 2.62 bits per heavy atom. The fourth-order valence-electron chi connectivity index (χ4n) is 6.70. The Hall–Kier alpha value is -4.19. The maximum Gasteiger partial charge on any atom is 0.335 e. The fraction of sp³-hybridized carbons (Fsp3) is 0.303. The molecule has 6 heteroatoms. The standard InChI is InChI=1S/C33H32N4O2/c1-20-14-16-34-28(18-20)27-13-10-23-26(36-27)12-11-25-31(23)35-15-5-17-37-29-19-22(33(38)39)8-9-24(29)30(32(25)37)21-6-3-2-4-7-21/h8-14,16,18-19,21,35H,2-7,15,17H2,1H3,(H,38,39). The molecule has 1 aliphatic heterocycles. The SMILES string of the molecule is Cc1ccnc(-c2ccc3c4c(ccc3n2)-c2c(C3CCCCC3)c3ccc(C(=O)O)cc3n2CCCN4)c1. The summed E-state index contributed by atoms with van der Waals surface area (Å²) in [6.45, 7) is 3.76. The van der Waals surface area contributed by atoms with Crippen LogP contribution in [-0.4, -0.2) is 32.2 Å². The Morgan fingerprint density at radius 1 is 0.949 bits per heavy atom. The molecule has 0 atom stereocenters. The average molecular weight is 517 g/mol. The summed E-state index contributed by atoms with van der Waals surface area (Å²) in [5.41, 5.74) is 10.2. The van der Waals surface area contributed by atoms with Gasteiger partial charge < -0.3 is 15.0 Å². The highest BCUT2D eigenvalue weighted by molar-refractivity contribution is 6.05. The summed E-state index contributed by atoms with van der Waals surface area (Å²) in [7, 11) is 0. The van der Waals surface area contributed by atoms with Gasteiger partial charge in [-0.15, -0.1) is 0 Å². The molecule has 4 heterocycles. The van der Waals surface area contributed by atoms with Gasteiger partial charge in [0.1, 0.15) is 0 Å². The molecule has 1 aliphatic carbocycles. The highest BCUT2D eigenvalue weighted by Gasteiger charge is 2.29. The molecule has 5 aromatic rings. The molecule has 0 unspecified atom stereocenters. The van der Waals surface area contributed by atoms with Crippen molar-refractivity contribution < 1.29 is 9.90 Å². The number of aromatic carboxylic acids is 1. The van der Waals surface area contributed by atoms with Gasteiger partial charge in [-0.2, -0.15) is 0 Å². The topological polar surface area (TPSA) is 80.0 Å². The first-order chi connectivity index (χ1) is 19.1. The predicted octanol–water partition coefficient (Wildman–Crippen LogP) is 7.79. The van der Waals surface area contributed by atoms with Crippen LogP contribution in [0.25, 0.3) is 44.5 Å². The number of nitrogens with zero attached hydrogens (tertiary/aromatic N) is 3. The van der Waals surface area contributed by atoms with Gasteiger partial charge in [-0.05, 0) is 91.8 Å². The van der Waals surface area contributed by atoms with Gasteiger partial charge in [-0.3, -0.25) is 4.98 Å². The molecule has 196 valence electrons. The molecule has 7 rings (SSSR count). The monoisotopic (exact) mass is 516 g/mol. The molecule has 0 radical (unpaired) electrons. The van der Waals surface area contributed by atoms with Crippen LogP contribution in [0.1, 0.15) is 65.9 Å². The van der Waals surface area contributed by atoms with Crippen molar-refractivity contribution in [2.24, 2.45) is 0 Å². The van der Waals surface area contributed by atoms with Crippen LogP contribution in [0, 0.1) is 6.92 Å². The Balaban J connectivity index is 1.48. The Bertz CT molecular complexity index is 1750. The first-order valence-corrected chi connectivity index (χ1v) is 14.1. The van der Waals surface area contributed by atoms with Crippen molar-refractivity contribution in [1.29, 1.82) is 0 Å². The fourth-order valence-corrected chi connectivity index (χ4v) is 6.70. The minimum atomic E-state index is -0.879. The number of carboxylic acid groups (broad SMARTS) is 1. The molecule has 3 aromatic heterocycles. The molecule has 2 aromatic carbocycles. The van der Waals surface area contributed by atoms with Crippen molar-refractivity contribution in [2.75, 3.05) is 11.9 Å². The van der Waals surface area contributed by atoms with E-state index in [0.717, 1.165) is 58.6 Å². The van der Waals surface area contributed by atoms with E-state index in [1.165, 1.54) is 54.3 Å². The van der Waals surface area contributed by atoms with Gasteiger partial charge in [0.2, 0.25) is 0 Å². The highest BCUT2D eigenvalue weighted by Crippen LogP contribution is 2.47. The van der Waals surface area contributed by atoms with Crippen LogP contribution < -0.4 is 5.32 Å². The number of benzene rings is 2. The minimum absolute atomic E-state index is 0.346. The normalized spacial score (nSPS) is 15.8. The second kappa shape index (κ2) is 9.53. The van der Waals surface area contributed by atoms with Gasteiger partial charge in [0.15, 0.2) is 0 Å². The molecule has 0 saturated heterocycles. The molecule has 1 saturated carbocycles. The second-order valence-electron chi connectivity index (χ2n) is 11.0. The van der Waals surface area contributed by atoms with E-state index in [4.69, 9.17) is 4.98 Å². The Kier molecular flexibility index (Phi) is 5.84. The number of hydrogen-bond donors (Lipinski definition) is 2. The molecule has 2 N–H and O–H groups in total. The molecule has 0 amide bonds. The summed E-state index contributed by atoms with van der Waals surface area (Å²) in [4.78, 5) is 21.5. The first kappa shape index (κ1) is 23.9. The van der Waals surface area contributed by atoms with E-state index >= 15 is 0 Å². The predicted molar refractivity (Wildman–Crippen MR) is 157 cm³/mol. The van der Waals surface area contributed by atoms with Crippen LogP contribution in [0.3, 0.4) is 0 Å². The smallest absolute Gasteiger partial charge is 0.335 e. The summed E-state index contributed by atoms with van der Waals surface area (Å²) in [6, 6.07) is 18.4. The second-order valence-corrected chi connectivity index (χ2v) is 11.0. The van der Waals surface area contributed by atoms with Gasteiger partial charge >= 0.3 is 5.97 Å². The number of rotatable bonds is 3. The number of aromatic nitrogens is 3. The van der Waals surface area contributed by atoms with Gasteiger partial charge in [0, 0.05) is 41.1 Å². The summed E-state index contributed by atoms with van der Waals surface area (Å²) in [5, 5.41) is 15.8. The molecule has 2 aliphatic rings. The molecule has 39 heavy (non-hydrogen) atoms. The Morgan fingerprint density at radius 2 is 1.79 bits per heavy atom. The molecular formula is C33H32N4O2. The molecule has 0 bridgehead atoms. The lowest BCUT2D eigenvalue weighted by Crippen LogP contribution is -2.14. The summed E-state index contributed by atoms with van der Waals surface area (Å²) >= 11 is 0. The number of hydrogen-bond acceptors (Lipinski definition) is 4. The van der Waals surface area contributed by atoms with Crippen molar-refractivity contribution >= 4 is 33.5 Å². The van der Waals surface area contributed by atoms with E-state index in [-0.39, 0.29) is 0 Å². The molecule has 6 nitrogen and oxygen atoms in total. The zero-order chi connectivity index (χ0) is 26.5. The largest absolute Gasteiger partial charge is 0.478 e. The zero-order valence-electron chi connectivity index (χ0n) is 22.2. The third-order valence-corrected chi connectivity index (χ3v) is 8.53. The number of fused-ring (bicyclic) bond motifs is 7. The summed E-state index contributed by atoms with van der Waals surface area (Å²) < 4.78 is 2.40. The van der Waals surface area contributed by atoms with Gasteiger partial charge in [-0.25, -0.2) is 9.78 Å². The van der Waals surface area contributed by atoms with Crippen molar-refractivity contribution in [3.8, 4) is 22.6 Å². The van der Waals surface area contributed by atoms with Crippen LogP contribution >= 0.6 is 0 Å². The third kappa shape index (κ3) is 4.06. The zero-order valence-corrected chi connectivity index (χ0v) is 22.2. The van der Waals surface area contributed by atoms with Crippen molar-refractivity contribution in [3.05, 3.63) is 77.5 Å². The lowest BCUT2D eigenvalue weighted by molar-refractivity contribution is 0.0697. The van der Waals surface area contributed by atoms with Crippen molar-refractivity contribution in [1.82, 2.24) is 14.5 Å². The maximum atomic E-state index is 11.9. The number of anilines is 1. The van der Waals surface area contributed by atoms with E-state index in [1.807, 2.05) is 18.3 Å². The van der Waals surface area contributed by atoms with E-state index < -0.39 is 5.97 Å². The van der Waals surface area contributed by atoms with E-state index in [1.54, 1.807) is 6.07 Å². The van der Waals surface area contributed by atoms with Gasteiger partial charge in [0.05, 0.1) is 33.8 Å². The molecule has 0 spiro atoms. The molecule has 1 fully saturated rings. The van der Waals surface area contributed by atoms with Crippen LogP contribution in [0.2, 0.25) is 0 Å². The maximum absolute atomic E-state index is 11.9. The summed E-state index contributed by atoms with van der Waals surface area (Å²) in [5.74, 6) is -0.403. The van der Waals surface area contributed by atoms with Gasteiger partial charge in [0.25, 0.3) is 0 Å². The van der Waals surface area contributed by atoms with E-state index in [0.29, 0.717) is 11.5 Å². The first-order valence-electron chi connectivity index (χ1n) is 14.1. The van der Waals surface area contributed by atoms with Crippen LogP contribution in [0.4, 0.5) is 5.69 Å². The van der Waals surface area contributed by atoms with Crippen molar-refractivity contribution in [3.63, 3.8) is 0 Å². The van der Waals surface area contributed by atoms with E-state index in [9.17, 15) is 9.90 Å². The Labute approximate surface area is 227 Å². The van der Waals surface area contributed by atoms with Crippen LogP contribution in [-0.2, 0) is 6.54 Å². The molecular weight excluding hydrogens is 484 g/mol. The average Bonchev–Trinajstić information content (AvgIpc) is 3.26. The summed E-state index contributed by atoms with van der Waals surface area (Å²) in [6.07, 6.45) is 8.92. The number of pyridine rings is 2. The van der Waals surface area contributed by atoms with Crippen LogP contribution in [0.15, 0.2) is 60.8 Å². The van der Waals surface area contributed by atoms with E-state index in [2.05, 4.69) is 58.2 Å². The number of carbonyl (C=O) groups is 1.